The maximum absolute atomic E-state index is 14.3. The molecule has 242 valence electrons. The quantitative estimate of drug-likeness (QED) is 0.215. The molecule has 0 amide bonds. The number of hydrogen-bond acceptors (Lipinski definition) is 5. The topological polar surface area (TPSA) is 56.7 Å². The number of carbonyl (C=O) groups is 1. The first kappa shape index (κ1) is 40.0. The monoisotopic (exact) mass is 607 g/mol. The average Bonchev–Trinajstić information content (AvgIpc) is 3.43. The zero-order chi connectivity index (χ0) is 32.3. The van der Waals surface area contributed by atoms with E-state index in [-0.39, 0.29) is 12.3 Å². The number of likely N-dealkylation sites (N-methyl/N-ethyl adjacent to an activating group) is 1. The summed E-state index contributed by atoms with van der Waals surface area (Å²) in [5.41, 5.74) is 2.73. The van der Waals surface area contributed by atoms with Gasteiger partial charge < -0.3 is 14.9 Å². The highest BCUT2D eigenvalue weighted by Gasteiger charge is 2.28. The van der Waals surface area contributed by atoms with Crippen LogP contribution >= 0.6 is 11.3 Å². The molecule has 5 nitrogen and oxygen atoms in total. The van der Waals surface area contributed by atoms with Crippen LogP contribution in [0, 0.1) is 22.6 Å². The maximum Gasteiger partial charge on any atom is 0.290 e. The number of thiazole rings is 1. The van der Waals surface area contributed by atoms with Crippen molar-refractivity contribution in [3.05, 3.63) is 35.1 Å². The Kier molecular flexibility index (Phi) is 19.8. The predicted octanol–water partition coefficient (Wildman–Crippen LogP) is 10.0. The Balaban J connectivity index is 0.000000793. The molecule has 2 aromatic rings. The van der Waals surface area contributed by atoms with E-state index in [1.165, 1.54) is 43.4 Å². The number of piperazine rings is 1. The van der Waals surface area contributed by atoms with E-state index < -0.39 is 0 Å². The number of rotatable bonds is 10. The molecule has 42 heavy (non-hydrogen) atoms. The van der Waals surface area contributed by atoms with Crippen LogP contribution in [0.4, 0.5) is 10.1 Å². The minimum atomic E-state index is -0.250. The third-order valence-corrected chi connectivity index (χ3v) is 9.19. The smallest absolute Gasteiger partial charge is 0.290 e. The molecule has 1 atom stereocenters. The Morgan fingerprint density at radius 2 is 1.64 bits per heavy atom. The first-order valence-electron chi connectivity index (χ1n) is 16.1. The van der Waals surface area contributed by atoms with Gasteiger partial charge in [0.15, 0.2) is 0 Å². The minimum absolute atomic E-state index is 0.178. The largest absolute Gasteiger partial charge is 0.483 e. The standard InChI is InChI=1S/C19H26FN3S.C13H28.C2H6.CH2O2/c1-3-4-5-6-16-14-21-19(24-16)17-13-15(7-8-18(17)20)23-11-9-22(2)10-12-23;1-8-11(12(3,4)5)10-13(6,7)9-2;1-2;2-1-3/h7-8,13-14H,3-6,9-12H2,1-2H3;11H,8-10H2,1-7H3;1-2H3;1H,(H,2,3). The summed E-state index contributed by atoms with van der Waals surface area (Å²) in [6.07, 6.45) is 10.6. The average molecular weight is 608 g/mol. The predicted molar refractivity (Wildman–Crippen MR) is 182 cm³/mol. The third-order valence-electron chi connectivity index (χ3n) is 8.10. The lowest BCUT2D eigenvalue weighted by Crippen LogP contribution is -2.44. The number of benzene rings is 1. The van der Waals surface area contributed by atoms with Crippen molar-refractivity contribution in [2.45, 2.75) is 114 Å². The number of unbranched alkanes of at least 4 members (excludes halogenated alkanes) is 2. The highest BCUT2D eigenvalue weighted by molar-refractivity contribution is 7.15. The molecule has 1 aromatic carbocycles. The van der Waals surface area contributed by atoms with Gasteiger partial charge in [0.1, 0.15) is 10.8 Å². The molecule has 0 saturated carbocycles. The van der Waals surface area contributed by atoms with Crippen LogP contribution in [-0.2, 0) is 11.2 Å². The highest BCUT2D eigenvalue weighted by atomic mass is 32.1. The van der Waals surface area contributed by atoms with Crippen LogP contribution in [-0.4, -0.2) is 54.7 Å². The fourth-order valence-corrected chi connectivity index (χ4v) is 5.88. The molecule has 1 aliphatic rings. The molecule has 1 aromatic heterocycles. The number of carboxylic acid groups (broad SMARTS) is 1. The zero-order valence-corrected chi connectivity index (χ0v) is 29.5. The summed E-state index contributed by atoms with van der Waals surface area (Å²) < 4.78 is 14.3. The molecule has 1 unspecified atom stereocenters. The second kappa shape index (κ2) is 20.8. The van der Waals surface area contributed by atoms with Crippen molar-refractivity contribution in [3.63, 3.8) is 0 Å². The van der Waals surface area contributed by atoms with Gasteiger partial charge in [0, 0.05) is 48.5 Å². The van der Waals surface area contributed by atoms with Crippen LogP contribution in [0.5, 0.6) is 0 Å². The normalized spacial score (nSPS) is 14.4. The van der Waals surface area contributed by atoms with Crippen LogP contribution in [0.15, 0.2) is 24.4 Å². The molecule has 1 aliphatic heterocycles. The molecule has 3 rings (SSSR count). The lowest BCUT2D eigenvalue weighted by molar-refractivity contribution is -0.122. The number of aryl methyl sites for hydroxylation is 1. The van der Waals surface area contributed by atoms with E-state index >= 15 is 0 Å². The van der Waals surface area contributed by atoms with Crippen molar-refractivity contribution < 1.29 is 14.3 Å². The summed E-state index contributed by atoms with van der Waals surface area (Å²) in [5, 5.41) is 7.69. The van der Waals surface area contributed by atoms with E-state index in [2.05, 4.69) is 77.2 Å². The summed E-state index contributed by atoms with van der Waals surface area (Å²) in [4.78, 5) is 18.7. The fourth-order valence-electron chi connectivity index (χ4n) is 4.91. The molecule has 7 heteroatoms. The number of aromatic nitrogens is 1. The molecular weight excluding hydrogens is 545 g/mol. The molecule has 0 bridgehead atoms. The summed E-state index contributed by atoms with van der Waals surface area (Å²) >= 11 is 1.63. The Hall–Kier alpha value is -1.99. The molecule has 0 aliphatic carbocycles. The molecular formula is C35H62FN3O2S. The van der Waals surface area contributed by atoms with Gasteiger partial charge >= 0.3 is 0 Å². The molecule has 1 saturated heterocycles. The first-order chi connectivity index (χ1) is 19.8. The first-order valence-corrected chi connectivity index (χ1v) is 16.9. The Morgan fingerprint density at radius 3 is 2.14 bits per heavy atom. The van der Waals surface area contributed by atoms with Crippen molar-refractivity contribution in [1.29, 1.82) is 0 Å². The molecule has 2 heterocycles. The van der Waals surface area contributed by atoms with Gasteiger partial charge in [-0.3, -0.25) is 4.79 Å². The van der Waals surface area contributed by atoms with Gasteiger partial charge in [-0.05, 0) is 61.3 Å². The summed E-state index contributed by atoms with van der Waals surface area (Å²) in [6.45, 7) is 26.5. The van der Waals surface area contributed by atoms with Gasteiger partial charge in [0.2, 0.25) is 0 Å². The second-order valence-corrected chi connectivity index (χ2v) is 14.0. The SMILES string of the molecule is CC.CCC(CC(C)(C)CC)C(C)(C)C.CCCCCc1cnc(-c2cc(N3CCN(C)CC3)ccc2F)s1.O=CO. The minimum Gasteiger partial charge on any atom is -0.483 e. The number of halogens is 1. The number of hydrogen-bond donors (Lipinski definition) is 1. The molecule has 1 fully saturated rings. The van der Waals surface area contributed by atoms with Gasteiger partial charge in [-0.15, -0.1) is 11.3 Å². The number of nitrogens with zero attached hydrogens (tertiary/aromatic N) is 3. The van der Waals surface area contributed by atoms with Crippen LogP contribution in [0.2, 0.25) is 0 Å². The Bertz CT molecular complexity index is 979. The number of anilines is 1. The van der Waals surface area contributed by atoms with Crippen LogP contribution in [0.3, 0.4) is 0 Å². The third kappa shape index (κ3) is 15.0. The molecule has 0 spiro atoms. The van der Waals surface area contributed by atoms with Crippen LogP contribution in [0.25, 0.3) is 10.6 Å². The highest BCUT2D eigenvalue weighted by Crippen LogP contribution is 2.39. The molecule has 1 N–H and O–H groups in total. The lowest BCUT2D eigenvalue weighted by Gasteiger charge is -2.36. The van der Waals surface area contributed by atoms with Crippen molar-refractivity contribution in [2.75, 3.05) is 38.1 Å². The van der Waals surface area contributed by atoms with Gasteiger partial charge in [0.05, 0.1) is 0 Å². The summed E-state index contributed by atoms with van der Waals surface area (Å²) in [7, 11) is 2.14. The van der Waals surface area contributed by atoms with Crippen LogP contribution < -0.4 is 4.90 Å². The van der Waals surface area contributed by atoms with E-state index in [0.29, 0.717) is 16.4 Å². The summed E-state index contributed by atoms with van der Waals surface area (Å²) in [6, 6.07) is 5.44. The Morgan fingerprint density at radius 1 is 1.05 bits per heavy atom. The van der Waals surface area contributed by atoms with Crippen molar-refractivity contribution in [3.8, 4) is 10.6 Å². The Labute approximate surface area is 261 Å². The van der Waals surface area contributed by atoms with E-state index in [4.69, 9.17) is 9.90 Å². The van der Waals surface area contributed by atoms with Gasteiger partial charge in [-0.25, -0.2) is 9.37 Å². The van der Waals surface area contributed by atoms with E-state index in [9.17, 15) is 4.39 Å². The van der Waals surface area contributed by atoms with E-state index in [1.807, 2.05) is 32.2 Å². The maximum atomic E-state index is 14.3. The van der Waals surface area contributed by atoms with Crippen LogP contribution in [0.1, 0.15) is 113 Å². The zero-order valence-electron chi connectivity index (χ0n) is 28.7. The van der Waals surface area contributed by atoms with Crippen molar-refractivity contribution in [1.82, 2.24) is 9.88 Å². The van der Waals surface area contributed by atoms with Gasteiger partial charge in [0.25, 0.3) is 6.47 Å². The lowest BCUT2D eigenvalue weighted by atomic mass is 9.69. The van der Waals surface area contributed by atoms with E-state index in [1.54, 1.807) is 17.4 Å². The van der Waals surface area contributed by atoms with E-state index in [0.717, 1.165) is 49.2 Å². The van der Waals surface area contributed by atoms with Crippen molar-refractivity contribution in [2.24, 2.45) is 16.7 Å². The second-order valence-electron chi connectivity index (χ2n) is 12.8. The van der Waals surface area contributed by atoms with Gasteiger partial charge in [-0.1, -0.05) is 94.9 Å². The van der Waals surface area contributed by atoms with Gasteiger partial charge in [-0.2, -0.15) is 0 Å². The summed E-state index contributed by atoms with van der Waals surface area (Å²) in [5.74, 6) is 0.685. The molecule has 0 radical (unpaired) electrons. The van der Waals surface area contributed by atoms with Crippen molar-refractivity contribution >= 4 is 23.5 Å². The fraction of sp³-hybridized carbons (Fsp3) is 0.714.